The summed E-state index contributed by atoms with van der Waals surface area (Å²) in [4.78, 5) is 16.0. The molecule has 1 atom stereocenters. The Labute approximate surface area is 141 Å². The highest BCUT2D eigenvalue weighted by molar-refractivity contribution is 5.82. The fourth-order valence-corrected chi connectivity index (χ4v) is 2.59. The van der Waals surface area contributed by atoms with Gasteiger partial charge < -0.3 is 19.9 Å². The summed E-state index contributed by atoms with van der Waals surface area (Å²) in [5, 5.41) is 12.7. The van der Waals surface area contributed by atoms with Crippen LogP contribution in [0.1, 0.15) is 18.1 Å². The third kappa shape index (κ3) is 3.59. The Hall–Kier alpha value is -2.76. The number of carbonyl (C=O) groups is 1. The Morgan fingerprint density at radius 2 is 2.00 bits per heavy atom. The number of benzene rings is 1. The SMILES string of the molecule is COc1ccc(CC(C)(Nc2ccccn2)C(=O)O)c(C)c1OC. The highest BCUT2D eigenvalue weighted by atomic mass is 16.5. The molecule has 0 spiro atoms. The summed E-state index contributed by atoms with van der Waals surface area (Å²) in [6.45, 7) is 3.53. The number of methoxy groups -OCH3 is 2. The highest BCUT2D eigenvalue weighted by Crippen LogP contribution is 2.34. The van der Waals surface area contributed by atoms with Crippen LogP contribution >= 0.6 is 0 Å². The Balaban J connectivity index is 2.36. The third-order valence-corrected chi connectivity index (χ3v) is 3.99. The normalized spacial score (nSPS) is 13.0. The van der Waals surface area contributed by atoms with E-state index in [1.54, 1.807) is 51.6 Å². The summed E-state index contributed by atoms with van der Waals surface area (Å²) < 4.78 is 10.7. The van der Waals surface area contributed by atoms with Gasteiger partial charge in [0.05, 0.1) is 14.2 Å². The Morgan fingerprint density at radius 1 is 1.25 bits per heavy atom. The summed E-state index contributed by atoms with van der Waals surface area (Å²) in [6.07, 6.45) is 1.89. The number of hydrogen-bond donors (Lipinski definition) is 2. The molecule has 1 aromatic heterocycles. The number of carboxylic acids is 1. The van der Waals surface area contributed by atoms with Gasteiger partial charge in [0.2, 0.25) is 0 Å². The second-order valence-corrected chi connectivity index (χ2v) is 5.74. The van der Waals surface area contributed by atoms with Gasteiger partial charge in [-0.2, -0.15) is 0 Å². The molecule has 0 saturated carbocycles. The van der Waals surface area contributed by atoms with Crippen molar-refractivity contribution in [3.05, 3.63) is 47.7 Å². The van der Waals surface area contributed by atoms with Gasteiger partial charge in [-0.3, -0.25) is 0 Å². The predicted octanol–water partition coefficient (Wildman–Crippen LogP) is 2.91. The van der Waals surface area contributed by atoms with Crippen molar-refractivity contribution in [3.8, 4) is 11.5 Å². The van der Waals surface area contributed by atoms with Crippen molar-refractivity contribution in [3.63, 3.8) is 0 Å². The highest BCUT2D eigenvalue weighted by Gasteiger charge is 2.34. The first-order valence-electron chi connectivity index (χ1n) is 7.54. The smallest absolute Gasteiger partial charge is 0.329 e. The Morgan fingerprint density at radius 3 is 2.54 bits per heavy atom. The van der Waals surface area contributed by atoms with Gasteiger partial charge in [0.25, 0.3) is 0 Å². The van der Waals surface area contributed by atoms with Gasteiger partial charge in [-0.1, -0.05) is 12.1 Å². The van der Waals surface area contributed by atoms with Gasteiger partial charge in [-0.05, 0) is 43.2 Å². The lowest BCUT2D eigenvalue weighted by molar-refractivity contribution is -0.141. The lowest BCUT2D eigenvalue weighted by atomic mass is 9.90. The standard InChI is InChI=1S/C18H22N2O4/c1-12-13(8-9-14(23-3)16(12)24-4)11-18(2,17(21)22)20-15-7-5-6-10-19-15/h5-10H,11H2,1-4H3,(H,19,20)(H,21,22). The van der Waals surface area contributed by atoms with Crippen molar-refractivity contribution in [2.45, 2.75) is 25.8 Å². The molecule has 0 bridgehead atoms. The molecule has 6 nitrogen and oxygen atoms in total. The van der Waals surface area contributed by atoms with E-state index in [2.05, 4.69) is 10.3 Å². The van der Waals surface area contributed by atoms with Gasteiger partial charge in [0, 0.05) is 12.6 Å². The second-order valence-electron chi connectivity index (χ2n) is 5.74. The number of rotatable bonds is 7. The molecule has 0 amide bonds. The molecule has 0 radical (unpaired) electrons. The minimum absolute atomic E-state index is 0.269. The van der Waals surface area contributed by atoms with Crippen LogP contribution in [-0.4, -0.2) is 35.8 Å². The average Bonchev–Trinajstić information content (AvgIpc) is 2.57. The number of nitrogens with one attached hydrogen (secondary N) is 1. The van der Waals surface area contributed by atoms with Crippen LogP contribution in [-0.2, 0) is 11.2 Å². The number of pyridine rings is 1. The molecule has 24 heavy (non-hydrogen) atoms. The number of nitrogens with zero attached hydrogens (tertiary/aromatic N) is 1. The molecule has 6 heteroatoms. The van der Waals surface area contributed by atoms with E-state index in [1.807, 2.05) is 13.0 Å². The summed E-state index contributed by atoms with van der Waals surface area (Å²) >= 11 is 0. The zero-order valence-corrected chi connectivity index (χ0v) is 14.3. The molecule has 2 N–H and O–H groups in total. The van der Waals surface area contributed by atoms with Gasteiger partial charge in [0.1, 0.15) is 11.4 Å². The number of carboxylic acid groups (broad SMARTS) is 1. The lowest BCUT2D eigenvalue weighted by Gasteiger charge is -2.28. The molecule has 2 aromatic rings. The number of aliphatic carboxylic acids is 1. The fourth-order valence-electron chi connectivity index (χ4n) is 2.59. The molecule has 1 unspecified atom stereocenters. The van der Waals surface area contributed by atoms with E-state index in [4.69, 9.17) is 9.47 Å². The first kappa shape index (κ1) is 17.6. The van der Waals surface area contributed by atoms with Gasteiger partial charge in [0.15, 0.2) is 11.5 Å². The van der Waals surface area contributed by atoms with E-state index in [0.29, 0.717) is 17.3 Å². The lowest BCUT2D eigenvalue weighted by Crippen LogP contribution is -2.45. The number of hydrogen-bond acceptors (Lipinski definition) is 5. The van der Waals surface area contributed by atoms with Crippen molar-refractivity contribution in [2.24, 2.45) is 0 Å². The van der Waals surface area contributed by atoms with Gasteiger partial charge in [-0.25, -0.2) is 9.78 Å². The van der Waals surface area contributed by atoms with Crippen molar-refractivity contribution >= 4 is 11.8 Å². The van der Waals surface area contributed by atoms with Crippen LogP contribution in [0.3, 0.4) is 0 Å². The zero-order chi connectivity index (χ0) is 17.7. The molecule has 0 aliphatic rings. The molecule has 1 aromatic carbocycles. The molecular weight excluding hydrogens is 308 g/mol. The monoisotopic (exact) mass is 330 g/mol. The molecule has 128 valence electrons. The number of anilines is 1. The minimum atomic E-state index is -1.21. The van der Waals surface area contributed by atoms with Crippen LogP contribution in [0.4, 0.5) is 5.82 Å². The second kappa shape index (κ2) is 7.21. The van der Waals surface area contributed by atoms with Crippen LogP contribution in [0.15, 0.2) is 36.5 Å². The molecule has 1 heterocycles. The van der Waals surface area contributed by atoms with Crippen LogP contribution in [0, 0.1) is 6.92 Å². The summed E-state index contributed by atoms with van der Waals surface area (Å²) in [5.41, 5.74) is 0.506. The Bertz CT molecular complexity index is 718. The quantitative estimate of drug-likeness (QED) is 0.812. The van der Waals surface area contributed by atoms with Crippen molar-refractivity contribution in [1.29, 1.82) is 0 Å². The van der Waals surface area contributed by atoms with Crippen molar-refractivity contribution < 1.29 is 19.4 Å². The maximum absolute atomic E-state index is 11.9. The van der Waals surface area contributed by atoms with E-state index < -0.39 is 11.5 Å². The summed E-state index contributed by atoms with van der Waals surface area (Å²) in [5.74, 6) is 0.789. The summed E-state index contributed by atoms with van der Waals surface area (Å²) in [7, 11) is 3.14. The van der Waals surface area contributed by atoms with Crippen molar-refractivity contribution in [2.75, 3.05) is 19.5 Å². The first-order valence-corrected chi connectivity index (χ1v) is 7.54. The molecule has 0 aliphatic heterocycles. The molecule has 0 saturated heterocycles. The van der Waals surface area contributed by atoms with Crippen LogP contribution < -0.4 is 14.8 Å². The largest absolute Gasteiger partial charge is 0.493 e. The number of ether oxygens (including phenoxy) is 2. The van der Waals surface area contributed by atoms with E-state index in [1.165, 1.54) is 0 Å². The topological polar surface area (TPSA) is 80.7 Å². The molecule has 0 fully saturated rings. The molecule has 0 aliphatic carbocycles. The van der Waals surface area contributed by atoms with E-state index in [0.717, 1.165) is 11.1 Å². The number of aromatic nitrogens is 1. The average molecular weight is 330 g/mol. The molecular formula is C18H22N2O4. The van der Waals surface area contributed by atoms with Crippen LogP contribution in [0.2, 0.25) is 0 Å². The van der Waals surface area contributed by atoms with Gasteiger partial charge >= 0.3 is 5.97 Å². The Kier molecular flexibility index (Phi) is 5.28. The molecule has 2 rings (SSSR count). The van der Waals surface area contributed by atoms with E-state index >= 15 is 0 Å². The predicted molar refractivity (Wildman–Crippen MR) is 91.9 cm³/mol. The third-order valence-electron chi connectivity index (χ3n) is 3.99. The minimum Gasteiger partial charge on any atom is -0.493 e. The first-order chi connectivity index (χ1) is 11.4. The van der Waals surface area contributed by atoms with E-state index in [-0.39, 0.29) is 6.42 Å². The van der Waals surface area contributed by atoms with E-state index in [9.17, 15) is 9.90 Å². The van der Waals surface area contributed by atoms with Gasteiger partial charge in [-0.15, -0.1) is 0 Å². The fraction of sp³-hybridized carbons (Fsp3) is 0.333. The summed E-state index contributed by atoms with van der Waals surface area (Å²) in [6, 6.07) is 8.96. The maximum atomic E-state index is 11.9. The maximum Gasteiger partial charge on any atom is 0.329 e. The zero-order valence-electron chi connectivity index (χ0n) is 14.3. The van der Waals surface area contributed by atoms with Crippen molar-refractivity contribution in [1.82, 2.24) is 4.98 Å². The van der Waals surface area contributed by atoms with Crippen LogP contribution in [0.25, 0.3) is 0 Å². The van der Waals surface area contributed by atoms with Crippen LogP contribution in [0.5, 0.6) is 11.5 Å².